The second kappa shape index (κ2) is 4.84. The molecular weight excluding hydrogens is 296 g/mol. The summed E-state index contributed by atoms with van der Waals surface area (Å²) in [5.74, 6) is -0.173. The molecular formula is C18H14O5. The van der Waals surface area contributed by atoms with E-state index in [1.54, 1.807) is 30.3 Å². The summed E-state index contributed by atoms with van der Waals surface area (Å²) < 4.78 is 16.2. The van der Waals surface area contributed by atoms with Gasteiger partial charge >= 0.3 is 5.97 Å². The number of hydrogen-bond donors (Lipinski definition) is 0. The van der Waals surface area contributed by atoms with Crippen LogP contribution in [-0.4, -0.2) is 26.0 Å². The zero-order valence-corrected chi connectivity index (χ0v) is 12.7. The Bertz CT molecular complexity index is 839. The molecule has 0 N–H and O–H groups in total. The van der Waals surface area contributed by atoms with Gasteiger partial charge in [-0.3, -0.25) is 4.79 Å². The summed E-state index contributed by atoms with van der Waals surface area (Å²) in [6.45, 7) is 0. The van der Waals surface area contributed by atoms with E-state index in [9.17, 15) is 9.59 Å². The van der Waals surface area contributed by atoms with Gasteiger partial charge in [-0.1, -0.05) is 24.3 Å². The minimum absolute atomic E-state index is 0.110. The van der Waals surface area contributed by atoms with Gasteiger partial charge < -0.3 is 14.2 Å². The highest BCUT2D eigenvalue weighted by Crippen LogP contribution is 2.52. The molecule has 0 saturated heterocycles. The molecule has 2 aliphatic rings. The predicted molar refractivity (Wildman–Crippen MR) is 81.2 cm³/mol. The highest BCUT2D eigenvalue weighted by atomic mass is 16.5. The molecule has 4 rings (SSSR count). The molecule has 1 aliphatic carbocycles. The van der Waals surface area contributed by atoms with E-state index in [1.165, 1.54) is 14.2 Å². The summed E-state index contributed by atoms with van der Waals surface area (Å²) in [4.78, 5) is 25.3. The molecule has 0 aromatic heterocycles. The second-order valence-electron chi connectivity index (χ2n) is 5.52. The van der Waals surface area contributed by atoms with Gasteiger partial charge in [0.2, 0.25) is 0 Å². The first kappa shape index (κ1) is 13.8. The number of esters is 1. The fraction of sp³-hybridized carbons (Fsp3) is 0.222. The highest BCUT2D eigenvalue weighted by Gasteiger charge is 2.49. The molecule has 0 radical (unpaired) electrons. The lowest BCUT2D eigenvalue weighted by Gasteiger charge is -2.27. The van der Waals surface area contributed by atoms with E-state index in [2.05, 4.69) is 0 Å². The van der Waals surface area contributed by atoms with Crippen molar-refractivity contribution in [3.63, 3.8) is 0 Å². The van der Waals surface area contributed by atoms with Gasteiger partial charge in [-0.2, -0.15) is 0 Å². The van der Waals surface area contributed by atoms with E-state index in [1.807, 2.05) is 6.07 Å². The van der Waals surface area contributed by atoms with E-state index in [0.717, 1.165) is 0 Å². The van der Waals surface area contributed by atoms with Crippen LogP contribution < -0.4 is 9.47 Å². The number of rotatable bonds is 2. The molecule has 2 aromatic carbocycles. The average Bonchev–Trinajstić information content (AvgIpc) is 2.87. The minimum Gasteiger partial charge on any atom is -0.493 e. The summed E-state index contributed by atoms with van der Waals surface area (Å²) in [6, 6.07) is 10.6. The van der Waals surface area contributed by atoms with Gasteiger partial charge in [0, 0.05) is 5.56 Å². The molecule has 2 atom stereocenters. The smallest absolute Gasteiger partial charge is 0.339 e. The van der Waals surface area contributed by atoms with Crippen LogP contribution in [0, 0.1) is 0 Å². The number of Topliss-reactive ketones (excluding diaryl/α,β-unsaturated/α-hetero) is 1. The fourth-order valence-corrected chi connectivity index (χ4v) is 3.47. The van der Waals surface area contributed by atoms with Crippen molar-refractivity contribution in [2.45, 2.75) is 12.0 Å². The maximum Gasteiger partial charge on any atom is 0.339 e. The number of benzene rings is 2. The summed E-state index contributed by atoms with van der Waals surface area (Å²) >= 11 is 0. The van der Waals surface area contributed by atoms with Crippen molar-refractivity contribution < 1.29 is 23.8 Å². The van der Waals surface area contributed by atoms with Gasteiger partial charge in [-0.25, -0.2) is 4.79 Å². The van der Waals surface area contributed by atoms with Crippen LogP contribution in [0.4, 0.5) is 0 Å². The second-order valence-corrected chi connectivity index (χ2v) is 5.52. The van der Waals surface area contributed by atoms with Crippen molar-refractivity contribution in [1.82, 2.24) is 0 Å². The number of hydrogen-bond acceptors (Lipinski definition) is 5. The zero-order valence-electron chi connectivity index (χ0n) is 12.7. The molecule has 2 aromatic rings. The van der Waals surface area contributed by atoms with Crippen molar-refractivity contribution >= 4 is 11.8 Å². The van der Waals surface area contributed by atoms with Crippen molar-refractivity contribution in [3.05, 3.63) is 58.7 Å². The lowest BCUT2D eigenvalue weighted by atomic mass is 9.87. The van der Waals surface area contributed by atoms with Crippen molar-refractivity contribution in [3.8, 4) is 11.5 Å². The molecule has 0 amide bonds. The van der Waals surface area contributed by atoms with Gasteiger partial charge in [0.1, 0.15) is 6.10 Å². The third-order valence-electron chi connectivity index (χ3n) is 4.47. The number of fused-ring (bicyclic) bond motifs is 5. The van der Waals surface area contributed by atoms with E-state index in [-0.39, 0.29) is 5.78 Å². The minimum atomic E-state index is -0.611. The van der Waals surface area contributed by atoms with Crippen LogP contribution in [0.2, 0.25) is 0 Å². The van der Waals surface area contributed by atoms with Gasteiger partial charge in [0.05, 0.1) is 31.3 Å². The van der Waals surface area contributed by atoms with E-state index in [4.69, 9.17) is 14.2 Å². The predicted octanol–water partition coefficient (Wildman–Crippen LogP) is 2.90. The van der Waals surface area contributed by atoms with Crippen LogP contribution in [0.15, 0.2) is 36.4 Å². The highest BCUT2D eigenvalue weighted by molar-refractivity contribution is 6.11. The Morgan fingerprint density at radius 3 is 2.48 bits per heavy atom. The molecule has 0 bridgehead atoms. The first-order valence-electron chi connectivity index (χ1n) is 7.26. The third-order valence-corrected chi connectivity index (χ3v) is 4.47. The zero-order chi connectivity index (χ0) is 16.1. The first-order chi connectivity index (χ1) is 11.2. The Hall–Kier alpha value is -2.82. The summed E-state index contributed by atoms with van der Waals surface area (Å²) in [6.07, 6.45) is -0.611. The number of methoxy groups -OCH3 is 2. The van der Waals surface area contributed by atoms with Crippen LogP contribution in [0.5, 0.6) is 11.5 Å². The Morgan fingerprint density at radius 2 is 1.74 bits per heavy atom. The lowest BCUT2D eigenvalue weighted by Crippen LogP contribution is -2.25. The van der Waals surface area contributed by atoms with Crippen molar-refractivity contribution in [1.29, 1.82) is 0 Å². The topological polar surface area (TPSA) is 61.8 Å². The number of carbonyl (C=O) groups excluding carboxylic acids is 2. The van der Waals surface area contributed by atoms with Crippen LogP contribution in [0.1, 0.15) is 43.9 Å². The molecule has 116 valence electrons. The largest absolute Gasteiger partial charge is 0.493 e. The van der Waals surface area contributed by atoms with Crippen LogP contribution in [0.25, 0.3) is 0 Å². The standard InChI is InChI=1S/C18H14O5/c1-21-12-8-7-11-14(17(12)22-2)15(19)13-9-5-3-4-6-10(9)18(20)23-16(11)13/h3-8,13,16H,1-2H3. The Balaban J connectivity index is 1.95. The normalized spacial score (nSPS) is 21.1. The third kappa shape index (κ3) is 1.73. The molecule has 5 heteroatoms. The van der Waals surface area contributed by atoms with E-state index in [0.29, 0.717) is 33.8 Å². The van der Waals surface area contributed by atoms with Crippen LogP contribution in [-0.2, 0) is 4.74 Å². The fourth-order valence-electron chi connectivity index (χ4n) is 3.47. The number of carbonyl (C=O) groups is 2. The van der Waals surface area contributed by atoms with Gasteiger partial charge in [0.25, 0.3) is 0 Å². The van der Waals surface area contributed by atoms with E-state index >= 15 is 0 Å². The maximum atomic E-state index is 13.0. The molecule has 5 nitrogen and oxygen atoms in total. The maximum absolute atomic E-state index is 13.0. The summed E-state index contributed by atoms with van der Waals surface area (Å²) in [7, 11) is 3.01. The van der Waals surface area contributed by atoms with Crippen molar-refractivity contribution in [2.75, 3.05) is 14.2 Å². The molecule has 23 heavy (non-hydrogen) atoms. The average molecular weight is 310 g/mol. The number of ketones is 1. The van der Waals surface area contributed by atoms with Gasteiger partial charge in [-0.15, -0.1) is 0 Å². The molecule has 2 unspecified atom stereocenters. The first-order valence-corrected chi connectivity index (χ1v) is 7.26. The number of ether oxygens (including phenoxy) is 3. The Labute approximate surface area is 132 Å². The Kier molecular flexibility index (Phi) is 2.91. The van der Waals surface area contributed by atoms with Crippen molar-refractivity contribution in [2.24, 2.45) is 0 Å². The lowest BCUT2D eigenvalue weighted by molar-refractivity contribution is 0.0206. The molecule has 1 aliphatic heterocycles. The molecule has 1 heterocycles. The van der Waals surface area contributed by atoms with Crippen LogP contribution >= 0.6 is 0 Å². The summed E-state index contributed by atoms with van der Waals surface area (Å²) in [5, 5.41) is 0. The SMILES string of the molecule is COc1ccc2c(c1OC)C(=O)C1c3ccccc3C(=O)OC21. The summed E-state index contributed by atoms with van der Waals surface area (Å²) in [5.41, 5.74) is 2.25. The molecule has 0 saturated carbocycles. The van der Waals surface area contributed by atoms with E-state index < -0.39 is 18.0 Å². The van der Waals surface area contributed by atoms with Gasteiger partial charge in [0.15, 0.2) is 17.3 Å². The monoisotopic (exact) mass is 310 g/mol. The van der Waals surface area contributed by atoms with Gasteiger partial charge in [-0.05, 0) is 17.7 Å². The quantitative estimate of drug-likeness (QED) is 0.798. The molecule has 0 fully saturated rings. The molecule has 0 spiro atoms. The van der Waals surface area contributed by atoms with Crippen LogP contribution in [0.3, 0.4) is 0 Å². The Morgan fingerprint density at radius 1 is 0.957 bits per heavy atom.